The monoisotopic (exact) mass is 428 g/mol. The minimum absolute atomic E-state index is 0.241. The summed E-state index contributed by atoms with van der Waals surface area (Å²) in [7, 11) is 0. The van der Waals surface area contributed by atoms with Gasteiger partial charge in [0.2, 0.25) is 0 Å². The van der Waals surface area contributed by atoms with Gasteiger partial charge in [-0.25, -0.2) is 5.43 Å². The maximum Gasteiger partial charge on any atom is 0.272 e. The number of carbonyl (C=O) groups excluding carboxylic acids is 1. The first-order valence-electron chi connectivity index (χ1n) is 5.50. The summed E-state index contributed by atoms with van der Waals surface area (Å²) >= 11 is 5.56. The van der Waals surface area contributed by atoms with Crippen molar-refractivity contribution in [2.24, 2.45) is 5.10 Å². The van der Waals surface area contributed by atoms with Crippen molar-refractivity contribution in [1.82, 2.24) is 5.43 Å². The van der Waals surface area contributed by atoms with Crippen molar-refractivity contribution in [3.63, 3.8) is 0 Å². The first kappa shape index (κ1) is 14.2. The third-order valence-corrected chi connectivity index (χ3v) is 3.71. The Morgan fingerprint density at radius 3 is 2.74 bits per heavy atom. The van der Waals surface area contributed by atoms with E-state index in [2.05, 4.69) is 49.0 Å². The van der Waals surface area contributed by atoms with Gasteiger partial charge in [-0.05, 0) is 68.3 Å². The molecule has 0 saturated heterocycles. The molecule has 1 amide bonds. The lowest BCUT2D eigenvalue weighted by atomic mass is 10.2. The molecule has 2 rings (SSSR count). The highest BCUT2D eigenvalue weighted by atomic mass is 127. The van der Waals surface area contributed by atoms with Gasteiger partial charge in [-0.1, -0.05) is 24.3 Å². The van der Waals surface area contributed by atoms with Gasteiger partial charge in [0.05, 0.1) is 11.8 Å². The van der Waals surface area contributed by atoms with E-state index in [0.29, 0.717) is 5.56 Å². The second kappa shape index (κ2) is 6.81. The molecule has 0 aliphatic rings. The Morgan fingerprint density at radius 1 is 1.21 bits per heavy atom. The largest absolute Gasteiger partial charge is 0.272 e. The molecular formula is C14H10BrIN2O. The number of carbonyl (C=O) groups is 1. The smallest absolute Gasteiger partial charge is 0.267 e. The molecule has 5 heteroatoms. The molecule has 2 aromatic carbocycles. The lowest BCUT2D eigenvalue weighted by molar-refractivity contribution is 0.0954. The number of hydrogen-bond acceptors (Lipinski definition) is 2. The van der Waals surface area contributed by atoms with Crippen LogP contribution in [-0.2, 0) is 0 Å². The topological polar surface area (TPSA) is 41.5 Å². The summed E-state index contributed by atoms with van der Waals surface area (Å²) in [5.41, 5.74) is 4.01. The van der Waals surface area contributed by atoms with Crippen LogP contribution in [0.15, 0.2) is 58.1 Å². The molecule has 2 aromatic rings. The molecule has 0 heterocycles. The molecule has 1 N–H and O–H groups in total. The first-order valence-corrected chi connectivity index (χ1v) is 7.37. The third-order valence-electron chi connectivity index (χ3n) is 2.35. The van der Waals surface area contributed by atoms with Crippen LogP contribution < -0.4 is 5.43 Å². The molecule has 0 bridgehead atoms. The molecular weight excluding hydrogens is 419 g/mol. The van der Waals surface area contributed by atoms with Gasteiger partial charge < -0.3 is 0 Å². The van der Waals surface area contributed by atoms with Crippen LogP contribution in [0.25, 0.3) is 0 Å². The van der Waals surface area contributed by atoms with E-state index in [1.807, 2.05) is 42.5 Å². The Hall–Kier alpha value is -1.21. The predicted molar refractivity (Wildman–Crippen MR) is 88.4 cm³/mol. The van der Waals surface area contributed by atoms with Crippen LogP contribution in [-0.4, -0.2) is 12.1 Å². The molecule has 19 heavy (non-hydrogen) atoms. The zero-order valence-electron chi connectivity index (χ0n) is 9.81. The second-order valence-electron chi connectivity index (χ2n) is 3.73. The Morgan fingerprint density at radius 2 is 2.00 bits per heavy atom. The molecule has 0 spiro atoms. The summed E-state index contributed by atoms with van der Waals surface area (Å²) in [6, 6.07) is 15.1. The van der Waals surface area contributed by atoms with Crippen molar-refractivity contribution in [1.29, 1.82) is 0 Å². The van der Waals surface area contributed by atoms with E-state index in [9.17, 15) is 4.79 Å². The Balaban J connectivity index is 2.03. The zero-order chi connectivity index (χ0) is 13.7. The van der Waals surface area contributed by atoms with Crippen LogP contribution in [0, 0.1) is 3.57 Å². The second-order valence-corrected chi connectivity index (χ2v) is 5.83. The fourth-order valence-electron chi connectivity index (χ4n) is 1.46. The van der Waals surface area contributed by atoms with E-state index < -0.39 is 0 Å². The average Bonchev–Trinajstić information content (AvgIpc) is 2.39. The molecule has 0 fully saturated rings. The summed E-state index contributed by atoms with van der Waals surface area (Å²) in [6.07, 6.45) is 1.62. The quantitative estimate of drug-likeness (QED) is 0.450. The standard InChI is InChI=1S/C14H10BrIN2O/c15-13-7-2-1-6-12(13)14(19)18-17-9-10-4-3-5-11(16)8-10/h1-9H,(H,18,19)/b17-9-. The molecule has 0 unspecified atom stereocenters. The third kappa shape index (κ3) is 4.14. The van der Waals surface area contributed by atoms with E-state index in [0.717, 1.165) is 13.6 Å². The zero-order valence-corrected chi connectivity index (χ0v) is 13.6. The van der Waals surface area contributed by atoms with Gasteiger partial charge in [0.25, 0.3) is 5.91 Å². The molecule has 0 radical (unpaired) electrons. The van der Waals surface area contributed by atoms with Crippen molar-refractivity contribution >= 4 is 50.6 Å². The summed E-state index contributed by atoms with van der Waals surface area (Å²) in [6.45, 7) is 0. The number of nitrogens with zero attached hydrogens (tertiary/aromatic N) is 1. The number of halogens is 2. The summed E-state index contributed by atoms with van der Waals surface area (Å²) in [4.78, 5) is 11.9. The van der Waals surface area contributed by atoms with E-state index in [4.69, 9.17) is 0 Å². The number of amides is 1. The van der Waals surface area contributed by atoms with Gasteiger partial charge in [-0.2, -0.15) is 5.10 Å². The molecule has 3 nitrogen and oxygen atoms in total. The molecule has 0 saturated carbocycles. The average molecular weight is 429 g/mol. The fourth-order valence-corrected chi connectivity index (χ4v) is 2.49. The minimum Gasteiger partial charge on any atom is -0.267 e. The highest BCUT2D eigenvalue weighted by Gasteiger charge is 2.07. The van der Waals surface area contributed by atoms with Crippen molar-refractivity contribution in [3.05, 3.63) is 67.7 Å². The number of hydrogen-bond donors (Lipinski definition) is 1. The van der Waals surface area contributed by atoms with Crippen LogP contribution in [0.3, 0.4) is 0 Å². The Kier molecular flexibility index (Phi) is 5.09. The molecule has 0 aliphatic carbocycles. The van der Waals surface area contributed by atoms with Crippen LogP contribution in [0.2, 0.25) is 0 Å². The van der Waals surface area contributed by atoms with Crippen LogP contribution in [0.4, 0.5) is 0 Å². The van der Waals surface area contributed by atoms with Crippen LogP contribution in [0.1, 0.15) is 15.9 Å². The Labute approximate surface area is 133 Å². The van der Waals surface area contributed by atoms with Gasteiger partial charge in [-0.3, -0.25) is 4.79 Å². The fraction of sp³-hybridized carbons (Fsp3) is 0. The summed E-state index contributed by atoms with van der Waals surface area (Å²) in [5.74, 6) is -0.241. The van der Waals surface area contributed by atoms with Gasteiger partial charge in [0.15, 0.2) is 0 Å². The summed E-state index contributed by atoms with van der Waals surface area (Å²) < 4.78 is 1.87. The number of hydrazone groups is 1. The number of rotatable bonds is 3. The highest BCUT2D eigenvalue weighted by Crippen LogP contribution is 2.15. The van der Waals surface area contributed by atoms with E-state index in [1.165, 1.54) is 0 Å². The van der Waals surface area contributed by atoms with Crippen LogP contribution in [0.5, 0.6) is 0 Å². The van der Waals surface area contributed by atoms with Crippen molar-refractivity contribution in [2.45, 2.75) is 0 Å². The van der Waals surface area contributed by atoms with Crippen LogP contribution >= 0.6 is 38.5 Å². The first-order chi connectivity index (χ1) is 9.16. The lowest BCUT2D eigenvalue weighted by Crippen LogP contribution is -2.18. The van der Waals surface area contributed by atoms with Crippen molar-refractivity contribution < 1.29 is 4.79 Å². The maximum absolute atomic E-state index is 11.9. The van der Waals surface area contributed by atoms with E-state index in [-0.39, 0.29) is 5.91 Å². The Bertz CT molecular complexity index is 628. The maximum atomic E-state index is 11.9. The molecule has 0 atom stereocenters. The summed E-state index contributed by atoms with van der Waals surface area (Å²) in [5, 5.41) is 3.95. The van der Waals surface area contributed by atoms with Crippen molar-refractivity contribution in [2.75, 3.05) is 0 Å². The predicted octanol–water partition coefficient (Wildman–Crippen LogP) is 3.82. The van der Waals surface area contributed by atoms with Crippen molar-refractivity contribution in [3.8, 4) is 0 Å². The normalized spacial score (nSPS) is 10.6. The van der Waals surface area contributed by atoms with E-state index >= 15 is 0 Å². The SMILES string of the molecule is O=C(N/N=C\c1cccc(I)c1)c1ccccc1Br. The number of nitrogens with one attached hydrogen (secondary N) is 1. The highest BCUT2D eigenvalue weighted by molar-refractivity contribution is 14.1. The van der Waals surface area contributed by atoms with Gasteiger partial charge in [0, 0.05) is 8.04 Å². The van der Waals surface area contributed by atoms with Gasteiger partial charge in [-0.15, -0.1) is 0 Å². The lowest BCUT2D eigenvalue weighted by Gasteiger charge is -2.01. The molecule has 0 aliphatic heterocycles. The molecule has 96 valence electrons. The van der Waals surface area contributed by atoms with E-state index in [1.54, 1.807) is 12.3 Å². The van der Waals surface area contributed by atoms with Gasteiger partial charge >= 0.3 is 0 Å². The molecule has 0 aromatic heterocycles. The van der Waals surface area contributed by atoms with Gasteiger partial charge in [0.1, 0.15) is 0 Å². The minimum atomic E-state index is -0.241. The number of benzene rings is 2.